The second kappa shape index (κ2) is 5.55. The Bertz CT molecular complexity index is 903. The van der Waals surface area contributed by atoms with E-state index in [-0.39, 0.29) is 17.9 Å². The minimum absolute atomic E-state index is 0.0252. The van der Waals surface area contributed by atoms with Crippen molar-refractivity contribution in [1.29, 1.82) is 0 Å². The van der Waals surface area contributed by atoms with Crippen LogP contribution in [0, 0.1) is 9.49 Å². The second-order valence-corrected chi connectivity index (χ2v) is 7.99. The maximum atomic E-state index is 13.0. The Morgan fingerprint density at radius 2 is 2.16 bits per heavy atom. The molecule has 6 nitrogen and oxygen atoms in total. The summed E-state index contributed by atoms with van der Waals surface area (Å²) in [7, 11) is 0. The average molecular weight is 449 g/mol. The minimum atomic E-state index is -0.381. The number of hydrogen-bond acceptors (Lipinski definition) is 4. The molecule has 0 N–H and O–H groups in total. The topological polar surface area (TPSA) is 64.4 Å². The van der Waals surface area contributed by atoms with Gasteiger partial charge in [-0.2, -0.15) is 0 Å². The van der Waals surface area contributed by atoms with Crippen molar-refractivity contribution in [2.75, 3.05) is 13.2 Å². The number of fused-ring (bicyclic) bond motifs is 5. The van der Waals surface area contributed by atoms with E-state index in [9.17, 15) is 9.59 Å². The number of rotatable bonds is 3. The lowest BCUT2D eigenvalue weighted by molar-refractivity contribution is 0.0414. The highest BCUT2D eigenvalue weighted by molar-refractivity contribution is 14.1. The maximum absolute atomic E-state index is 13.0. The number of amides is 1. The van der Waals surface area contributed by atoms with Crippen LogP contribution >= 0.6 is 22.6 Å². The number of aromatic nitrogens is 2. The molecule has 0 radical (unpaired) electrons. The van der Waals surface area contributed by atoms with Gasteiger partial charge in [0.25, 0.3) is 5.91 Å². The lowest BCUT2D eigenvalue weighted by atomic mass is 9.97. The van der Waals surface area contributed by atoms with Gasteiger partial charge < -0.3 is 9.64 Å². The number of hydrogen-bond donors (Lipinski definition) is 0. The molecule has 1 aromatic heterocycles. The number of carbonyl (C=O) groups excluding carboxylic acids is 2. The van der Waals surface area contributed by atoms with Gasteiger partial charge in [0.2, 0.25) is 0 Å². The van der Waals surface area contributed by atoms with Crippen molar-refractivity contribution in [3.8, 4) is 5.69 Å². The molecule has 5 rings (SSSR count). The lowest BCUT2D eigenvalue weighted by Gasteiger charge is -2.39. The molecule has 0 bridgehead atoms. The molecule has 2 aliphatic heterocycles. The summed E-state index contributed by atoms with van der Waals surface area (Å²) in [6.45, 7) is 1.17. The molecule has 2 fully saturated rings. The Labute approximate surface area is 158 Å². The van der Waals surface area contributed by atoms with Gasteiger partial charge >= 0.3 is 5.97 Å². The quantitative estimate of drug-likeness (QED) is 0.534. The molecular formula is C18H16IN3O3. The van der Waals surface area contributed by atoms with Gasteiger partial charge in [0.15, 0.2) is 5.69 Å². The molecule has 1 atom stereocenters. The molecule has 1 aliphatic carbocycles. The van der Waals surface area contributed by atoms with Crippen LogP contribution in [0.2, 0.25) is 0 Å². The van der Waals surface area contributed by atoms with Gasteiger partial charge in [0, 0.05) is 10.1 Å². The molecule has 25 heavy (non-hydrogen) atoms. The van der Waals surface area contributed by atoms with E-state index in [1.807, 2.05) is 27.7 Å². The van der Waals surface area contributed by atoms with Crippen LogP contribution in [0.1, 0.15) is 51.8 Å². The first-order valence-electron chi connectivity index (χ1n) is 8.49. The van der Waals surface area contributed by atoms with Crippen molar-refractivity contribution >= 4 is 34.5 Å². The van der Waals surface area contributed by atoms with Gasteiger partial charge in [-0.3, -0.25) is 9.36 Å². The van der Waals surface area contributed by atoms with Gasteiger partial charge in [-0.1, -0.05) is 6.07 Å². The number of halogens is 1. The average Bonchev–Trinajstić information content (AvgIpc) is 3.30. The number of ether oxygens (including phenoxy) is 1. The van der Waals surface area contributed by atoms with E-state index in [4.69, 9.17) is 4.74 Å². The van der Waals surface area contributed by atoms with Gasteiger partial charge in [0.1, 0.15) is 6.33 Å². The Kier molecular flexibility index (Phi) is 3.41. The van der Waals surface area contributed by atoms with Crippen LogP contribution in [0.15, 0.2) is 24.5 Å². The van der Waals surface area contributed by atoms with Crippen LogP contribution in [0.3, 0.4) is 0 Å². The molecule has 7 heteroatoms. The van der Waals surface area contributed by atoms with Gasteiger partial charge in [0.05, 0.1) is 29.6 Å². The van der Waals surface area contributed by atoms with E-state index < -0.39 is 0 Å². The standard InChI is InChI=1S/C18H16IN3O3/c19-11-2-1-3-12-14(11)17(23)21-7-6-13(21)16-15(20-9-22(12)16)18(24)25-8-10-4-5-10/h1-3,9-10,13H,4-8H2/t13-/m0/s1. The van der Waals surface area contributed by atoms with Crippen molar-refractivity contribution in [3.63, 3.8) is 0 Å². The third-order valence-electron chi connectivity index (χ3n) is 5.21. The Hall–Kier alpha value is -1.90. The summed E-state index contributed by atoms with van der Waals surface area (Å²) in [5, 5.41) is 0. The maximum Gasteiger partial charge on any atom is 0.358 e. The predicted octanol–water partition coefficient (Wildman–Crippen LogP) is 2.94. The van der Waals surface area contributed by atoms with Crippen molar-refractivity contribution in [2.45, 2.75) is 25.3 Å². The minimum Gasteiger partial charge on any atom is -0.461 e. The molecule has 1 aromatic carbocycles. The fourth-order valence-corrected chi connectivity index (χ4v) is 4.27. The number of benzene rings is 1. The van der Waals surface area contributed by atoms with E-state index in [0.29, 0.717) is 30.3 Å². The summed E-state index contributed by atoms with van der Waals surface area (Å²) in [5.74, 6) is 0.153. The van der Waals surface area contributed by atoms with E-state index >= 15 is 0 Å². The Morgan fingerprint density at radius 3 is 2.88 bits per heavy atom. The highest BCUT2D eigenvalue weighted by Gasteiger charge is 2.43. The van der Waals surface area contributed by atoms with Crippen molar-refractivity contribution in [3.05, 3.63) is 45.0 Å². The molecule has 0 spiro atoms. The fourth-order valence-electron chi connectivity index (χ4n) is 3.56. The third kappa shape index (κ3) is 2.32. The molecule has 1 saturated heterocycles. The summed E-state index contributed by atoms with van der Waals surface area (Å²) < 4.78 is 8.25. The monoisotopic (exact) mass is 449 g/mol. The van der Waals surface area contributed by atoms with Gasteiger partial charge in [-0.25, -0.2) is 9.78 Å². The van der Waals surface area contributed by atoms with Gasteiger partial charge in [-0.05, 0) is 59.9 Å². The lowest BCUT2D eigenvalue weighted by Crippen LogP contribution is -2.45. The van der Waals surface area contributed by atoms with Crippen molar-refractivity contribution in [2.24, 2.45) is 5.92 Å². The highest BCUT2D eigenvalue weighted by atomic mass is 127. The van der Waals surface area contributed by atoms with E-state index in [0.717, 1.165) is 34.2 Å². The zero-order chi connectivity index (χ0) is 17.1. The summed E-state index contributed by atoms with van der Waals surface area (Å²) in [5.41, 5.74) is 2.59. The van der Waals surface area contributed by atoms with Crippen molar-refractivity contribution < 1.29 is 14.3 Å². The van der Waals surface area contributed by atoms with E-state index in [1.54, 1.807) is 6.33 Å². The summed E-state index contributed by atoms with van der Waals surface area (Å²) in [6.07, 6.45) is 4.74. The Morgan fingerprint density at radius 1 is 1.32 bits per heavy atom. The van der Waals surface area contributed by atoms with E-state index in [1.165, 1.54) is 0 Å². The third-order valence-corrected chi connectivity index (χ3v) is 6.10. The van der Waals surface area contributed by atoms with E-state index in [2.05, 4.69) is 27.6 Å². The van der Waals surface area contributed by atoms with Crippen molar-refractivity contribution in [1.82, 2.24) is 14.5 Å². The second-order valence-electron chi connectivity index (χ2n) is 6.83. The number of imidazole rings is 1. The summed E-state index contributed by atoms with van der Waals surface area (Å²) in [4.78, 5) is 31.7. The number of nitrogens with zero attached hydrogens (tertiary/aromatic N) is 3. The van der Waals surface area contributed by atoms with Crippen LogP contribution in [-0.4, -0.2) is 39.5 Å². The number of carbonyl (C=O) groups is 2. The number of esters is 1. The molecule has 128 valence electrons. The highest BCUT2D eigenvalue weighted by Crippen LogP contribution is 2.42. The molecule has 1 amide bonds. The molecule has 3 heterocycles. The SMILES string of the molecule is O=C(OCC1CC1)c1ncn2c1[C@@H]1CCN1C(=O)c1c(I)cccc1-2. The summed E-state index contributed by atoms with van der Waals surface area (Å²) in [6, 6.07) is 5.65. The van der Waals surface area contributed by atoms with Gasteiger partial charge in [-0.15, -0.1) is 0 Å². The molecule has 1 saturated carbocycles. The zero-order valence-corrected chi connectivity index (χ0v) is 15.6. The zero-order valence-electron chi connectivity index (χ0n) is 13.4. The van der Waals surface area contributed by atoms with Crippen LogP contribution in [0.5, 0.6) is 0 Å². The summed E-state index contributed by atoms with van der Waals surface area (Å²) >= 11 is 2.19. The van der Waals surface area contributed by atoms with Crippen LogP contribution < -0.4 is 0 Å². The van der Waals surface area contributed by atoms with Crippen LogP contribution in [0.4, 0.5) is 0 Å². The fraction of sp³-hybridized carbons (Fsp3) is 0.389. The smallest absolute Gasteiger partial charge is 0.358 e. The molecule has 0 unspecified atom stereocenters. The molecular weight excluding hydrogens is 433 g/mol. The molecule has 2 aromatic rings. The first kappa shape index (κ1) is 15.4. The predicted molar refractivity (Wildman–Crippen MR) is 97.7 cm³/mol. The normalized spacial score (nSPS) is 20.9. The first-order valence-corrected chi connectivity index (χ1v) is 9.57. The molecule has 3 aliphatic rings. The first-order chi connectivity index (χ1) is 12.1. The Balaban J connectivity index is 1.62. The van der Waals surface area contributed by atoms with Crippen LogP contribution in [-0.2, 0) is 4.74 Å². The van der Waals surface area contributed by atoms with Crippen LogP contribution in [0.25, 0.3) is 5.69 Å². The largest absolute Gasteiger partial charge is 0.461 e.